The Morgan fingerprint density at radius 2 is 1.56 bits per heavy atom. The maximum atomic E-state index is 2.28. The number of fused-ring (bicyclic) bond motifs is 3. The van der Waals surface area contributed by atoms with Crippen molar-refractivity contribution in [3.05, 3.63) is 66.9 Å². The number of hydrogen-bond acceptors (Lipinski definition) is 1. The summed E-state index contributed by atoms with van der Waals surface area (Å²) in [7, 11) is 0. The second kappa shape index (κ2) is 3.72. The maximum absolute atomic E-state index is 2.28. The molecule has 18 heavy (non-hydrogen) atoms. The highest BCUT2D eigenvalue weighted by molar-refractivity contribution is 7.24. The minimum atomic E-state index is 1.28. The Labute approximate surface area is 109 Å². The number of rotatable bonds is 1. The minimum Gasteiger partial charge on any atom is -0.307 e. The van der Waals surface area contributed by atoms with E-state index in [0.29, 0.717) is 0 Å². The molecule has 4 aromatic rings. The van der Waals surface area contributed by atoms with Gasteiger partial charge in [-0.2, -0.15) is 0 Å². The predicted molar refractivity (Wildman–Crippen MR) is 78.2 cm³/mol. The lowest BCUT2D eigenvalue weighted by molar-refractivity contribution is 1.31. The minimum absolute atomic E-state index is 1.28. The van der Waals surface area contributed by atoms with Crippen molar-refractivity contribution in [3.8, 4) is 11.1 Å². The number of para-hydroxylation sites is 1. The molecule has 0 saturated heterocycles. The van der Waals surface area contributed by atoms with Crippen LogP contribution in [0.2, 0.25) is 0 Å². The van der Waals surface area contributed by atoms with E-state index < -0.39 is 0 Å². The average molecular weight is 249 g/mol. The summed E-state index contributed by atoms with van der Waals surface area (Å²) in [6, 6.07) is 21.3. The van der Waals surface area contributed by atoms with Crippen molar-refractivity contribution in [2.75, 3.05) is 0 Å². The summed E-state index contributed by atoms with van der Waals surface area (Å²) in [5.74, 6) is 0. The van der Waals surface area contributed by atoms with E-state index in [1.54, 1.807) is 0 Å². The highest BCUT2D eigenvalue weighted by Crippen LogP contribution is 2.31. The van der Waals surface area contributed by atoms with Crippen LogP contribution < -0.4 is 0 Å². The Morgan fingerprint density at radius 1 is 0.778 bits per heavy atom. The fourth-order valence-electron chi connectivity index (χ4n) is 2.35. The molecule has 0 aliphatic rings. The first-order valence-electron chi connectivity index (χ1n) is 5.97. The lowest BCUT2D eigenvalue weighted by atomic mass is 10.1. The predicted octanol–water partition coefficient (Wildman–Crippen LogP) is 4.82. The highest BCUT2D eigenvalue weighted by Gasteiger charge is 2.07. The largest absolute Gasteiger partial charge is 0.307 e. The van der Waals surface area contributed by atoms with Gasteiger partial charge >= 0.3 is 0 Å². The van der Waals surface area contributed by atoms with Crippen LogP contribution in [0.1, 0.15) is 0 Å². The Balaban J connectivity index is 2.00. The van der Waals surface area contributed by atoms with Gasteiger partial charge in [0.2, 0.25) is 0 Å². The van der Waals surface area contributed by atoms with Crippen molar-refractivity contribution < 1.29 is 0 Å². The molecule has 0 N–H and O–H groups in total. The molecule has 0 spiro atoms. The van der Waals surface area contributed by atoms with Gasteiger partial charge in [-0.25, -0.2) is 0 Å². The Hall–Kier alpha value is -2.06. The maximum Gasteiger partial charge on any atom is 0.101 e. The molecule has 2 aromatic carbocycles. The van der Waals surface area contributed by atoms with Gasteiger partial charge in [0, 0.05) is 11.8 Å². The van der Waals surface area contributed by atoms with Crippen LogP contribution >= 0.6 is 11.3 Å². The second-order valence-corrected chi connectivity index (χ2v) is 5.44. The van der Waals surface area contributed by atoms with Crippen molar-refractivity contribution in [1.29, 1.82) is 0 Å². The molecule has 1 nitrogen and oxygen atoms in total. The molecule has 2 heteroatoms. The van der Waals surface area contributed by atoms with Gasteiger partial charge in [0.1, 0.15) is 4.83 Å². The smallest absolute Gasteiger partial charge is 0.101 e. The standard InChI is InChI=1S/C16H11NS/c1-2-6-12(7-3-1)13-10-16-17(11-13)14-8-4-5-9-15(14)18-16/h1-11H. The molecule has 0 radical (unpaired) electrons. The zero-order valence-electron chi connectivity index (χ0n) is 9.71. The molecule has 0 saturated carbocycles. The molecule has 2 heterocycles. The molecular weight excluding hydrogens is 238 g/mol. The van der Waals surface area contributed by atoms with E-state index in [4.69, 9.17) is 0 Å². The molecule has 0 aliphatic heterocycles. The Kier molecular flexibility index (Phi) is 2.05. The van der Waals surface area contributed by atoms with Gasteiger partial charge in [0.15, 0.2) is 0 Å². The zero-order valence-corrected chi connectivity index (χ0v) is 10.5. The molecular formula is C16H11NS. The summed E-state index contributed by atoms with van der Waals surface area (Å²) >= 11 is 1.84. The zero-order chi connectivity index (χ0) is 11.9. The van der Waals surface area contributed by atoms with E-state index in [0.717, 1.165) is 0 Å². The van der Waals surface area contributed by atoms with E-state index in [1.165, 1.54) is 26.2 Å². The third-order valence-electron chi connectivity index (χ3n) is 3.23. The first-order valence-corrected chi connectivity index (χ1v) is 6.78. The molecule has 4 rings (SSSR count). The normalized spacial score (nSPS) is 11.3. The van der Waals surface area contributed by atoms with Gasteiger partial charge in [-0.3, -0.25) is 0 Å². The van der Waals surface area contributed by atoms with Crippen LogP contribution in [0.15, 0.2) is 66.9 Å². The number of aromatic nitrogens is 1. The second-order valence-electron chi connectivity index (χ2n) is 4.37. The van der Waals surface area contributed by atoms with Crippen molar-refractivity contribution in [2.45, 2.75) is 0 Å². The molecule has 0 aliphatic carbocycles. The first kappa shape index (κ1) is 9.92. The van der Waals surface area contributed by atoms with Gasteiger partial charge in [0.05, 0.1) is 10.2 Å². The summed E-state index contributed by atoms with van der Waals surface area (Å²) in [6.07, 6.45) is 2.23. The topological polar surface area (TPSA) is 4.41 Å². The summed E-state index contributed by atoms with van der Waals surface area (Å²) in [6.45, 7) is 0. The van der Waals surface area contributed by atoms with Crippen LogP contribution in [0, 0.1) is 0 Å². The van der Waals surface area contributed by atoms with Crippen molar-refractivity contribution >= 4 is 26.4 Å². The van der Waals surface area contributed by atoms with Crippen molar-refractivity contribution in [2.24, 2.45) is 0 Å². The number of hydrogen-bond donors (Lipinski definition) is 0. The molecule has 0 unspecified atom stereocenters. The number of nitrogens with zero attached hydrogens (tertiary/aromatic N) is 1. The monoisotopic (exact) mass is 249 g/mol. The summed E-state index contributed by atoms with van der Waals surface area (Å²) < 4.78 is 3.62. The molecule has 86 valence electrons. The molecule has 0 fully saturated rings. The fourth-order valence-corrected chi connectivity index (χ4v) is 3.43. The van der Waals surface area contributed by atoms with E-state index in [1.807, 2.05) is 11.3 Å². The number of benzene rings is 2. The quantitative estimate of drug-likeness (QED) is 0.455. The van der Waals surface area contributed by atoms with Crippen LogP contribution in [0.4, 0.5) is 0 Å². The van der Waals surface area contributed by atoms with Crippen molar-refractivity contribution in [3.63, 3.8) is 0 Å². The Morgan fingerprint density at radius 3 is 2.44 bits per heavy atom. The molecule has 0 bridgehead atoms. The SMILES string of the molecule is c1ccc(-c2cc3sc4ccccc4n3c2)cc1. The van der Waals surface area contributed by atoms with Gasteiger partial charge < -0.3 is 4.40 Å². The van der Waals surface area contributed by atoms with E-state index >= 15 is 0 Å². The van der Waals surface area contributed by atoms with Crippen LogP contribution in [0.5, 0.6) is 0 Å². The highest BCUT2D eigenvalue weighted by atomic mass is 32.1. The molecule has 0 atom stereocenters. The summed E-state index contributed by atoms with van der Waals surface area (Å²) in [5.41, 5.74) is 3.85. The first-order chi connectivity index (χ1) is 8.92. The van der Waals surface area contributed by atoms with Gasteiger partial charge in [-0.05, 0) is 23.8 Å². The lowest BCUT2D eigenvalue weighted by Crippen LogP contribution is -1.76. The molecule has 2 aromatic heterocycles. The Bertz CT molecular complexity index is 824. The van der Waals surface area contributed by atoms with Crippen LogP contribution in [-0.4, -0.2) is 4.40 Å². The van der Waals surface area contributed by atoms with Crippen LogP contribution in [-0.2, 0) is 0 Å². The van der Waals surface area contributed by atoms with Crippen LogP contribution in [0.3, 0.4) is 0 Å². The fraction of sp³-hybridized carbons (Fsp3) is 0. The van der Waals surface area contributed by atoms with Crippen LogP contribution in [0.25, 0.3) is 26.2 Å². The van der Waals surface area contributed by atoms with Gasteiger partial charge in [-0.15, -0.1) is 11.3 Å². The van der Waals surface area contributed by atoms with E-state index in [-0.39, 0.29) is 0 Å². The van der Waals surface area contributed by atoms with Crippen molar-refractivity contribution in [1.82, 2.24) is 4.40 Å². The lowest BCUT2D eigenvalue weighted by Gasteiger charge is -1.95. The summed E-state index contributed by atoms with van der Waals surface area (Å²) in [5, 5.41) is 0. The van der Waals surface area contributed by atoms with E-state index in [9.17, 15) is 0 Å². The summed E-state index contributed by atoms with van der Waals surface area (Å²) in [4.78, 5) is 1.30. The average Bonchev–Trinajstić information content (AvgIpc) is 2.97. The van der Waals surface area contributed by atoms with E-state index in [2.05, 4.69) is 71.3 Å². The molecule has 0 amide bonds. The third-order valence-corrected chi connectivity index (χ3v) is 4.32. The van der Waals surface area contributed by atoms with Gasteiger partial charge in [-0.1, -0.05) is 42.5 Å². The number of thiazole rings is 1. The van der Waals surface area contributed by atoms with Gasteiger partial charge in [0.25, 0.3) is 0 Å². The third kappa shape index (κ3) is 1.39.